The fourth-order valence-electron chi connectivity index (χ4n) is 5.04. The number of ether oxygens (including phenoxy) is 1. The number of carbonyl (C=O) groups is 1. The molecule has 0 saturated carbocycles. The van der Waals surface area contributed by atoms with Crippen LogP contribution < -0.4 is 10.5 Å². The van der Waals surface area contributed by atoms with Crippen molar-refractivity contribution in [1.82, 2.24) is 14.5 Å². The summed E-state index contributed by atoms with van der Waals surface area (Å²) in [5, 5.41) is 10.8. The van der Waals surface area contributed by atoms with Gasteiger partial charge in [0.2, 0.25) is 11.7 Å². The first-order chi connectivity index (χ1) is 18.5. The van der Waals surface area contributed by atoms with Crippen molar-refractivity contribution < 1.29 is 19.1 Å². The third kappa shape index (κ3) is 3.80. The topological polar surface area (TPSA) is 111 Å². The monoisotopic (exact) mass is 508 g/mol. The molecule has 0 fully saturated rings. The number of anilines is 1. The number of hydrogen-bond donors (Lipinski definition) is 1. The van der Waals surface area contributed by atoms with Crippen LogP contribution in [-0.4, -0.2) is 39.3 Å². The van der Waals surface area contributed by atoms with Gasteiger partial charge < -0.3 is 19.2 Å². The molecule has 0 radical (unpaired) electrons. The Bertz CT molecular complexity index is 1710. The molecule has 1 aliphatic heterocycles. The van der Waals surface area contributed by atoms with E-state index in [0.29, 0.717) is 35.6 Å². The number of esters is 1. The molecule has 1 atom stereocenters. The van der Waals surface area contributed by atoms with E-state index in [2.05, 4.69) is 4.98 Å². The Morgan fingerprint density at radius 1 is 1.05 bits per heavy atom. The van der Waals surface area contributed by atoms with Crippen LogP contribution in [-0.2, 0) is 18.2 Å². The Morgan fingerprint density at radius 3 is 2.58 bits per heavy atom. The van der Waals surface area contributed by atoms with Crippen molar-refractivity contribution in [3.8, 4) is 17.3 Å². The van der Waals surface area contributed by atoms with E-state index in [1.54, 1.807) is 25.2 Å². The molecule has 0 saturated heterocycles. The lowest BCUT2D eigenvalue weighted by Gasteiger charge is -2.39. The zero-order valence-electron chi connectivity index (χ0n) is 20.8. The van der Waals surface area contributed by atoms with Crippen LogP contribution in [0.2, 0.25) is 0 Å². The molecule has 0 amide bonds. The summed E-state index contributed by atoms with van der Waals surface area (Å²) in [7, 11) is 2.94. The number of aromatic hydroxyl groups is 1. The molecule has 9 nitrogen and oxygen atoms in total. The number of para-hydroxylation sites is 2. The highest BCUT2D eigenvalue weighted by atomic mass is 16.5. The average Bonchev–Trinajstić information content (AvgIpc) is 3.39. The lowest BCUT2D eigenvalue weighted by molar-refractivity contribution is 0.0600. The molecule has 38 heavy (non-hydrogen) atoms. The van der Waals surface area contributed by atoms with E-state index in [0.717, 1.165) is 16.7 Å². The summed E-state index contributed by atoms with van der Waals surface area (Å²) in [4.78, 5) is 36.6. The van der Waals surface area contributed by atoms with E-state index in [-0.39, 0.29) is 17.6 Å². The fourth-order valence-corrected chi connectivity index (χ4v) is 5.04. The van der Waals surface area contributed by atoms with Crippen LogP contribution in [0.3, 0.4) is 0 Å². The third-order valence-electron chi connectivity index (χ3n) is 6.90. The molecule has 0 aliphatic carbocycles. The number of rotatable bonds is 4. The number of oxazole rings is 1. The Hall–Kier alpha value is -4.92. The van der Waals surface area contributed by atoms with E-state index >= 15 is 0 Å². The molecule has 1 N–H and O–H groups in total. The number of fused-ring (bicyclic) bond motifs is 2. The van der Waals surface area contributed by atoms with E-state index in [9.17, 15) is 14.7 Å². The van der Waals surface area contributed by atoms with Gasteiger partial charge in [-0.15, -0.1) is 0 Å². The number of nitrogens with zero attached hydrogens (tertiary/aromatic N) is 4. The molecule has 3 heterocycles. The lowest BCUT2D eigenvalue weighted by atomic mass is 9.87. The Kier molecular flexibility index (Phi) is 5.68. The van der Waals surface area contributed by atoms with Gasteiger partial charge in [0.25, 0.3) is 11.4 Å². The summed E-state index contributed by atoms with van der Waals surface area (Å²) >= 11 is 0. The molecular weight excluding hydrogens is 484 g/mol. The minimum atomic E-state index is -0.606. The second-order valence-electron chi connectivity index (χ2n) is 9.12. The van der Waals surface area contributed by atoms with Crippen molar-refractivity contribution in [2.45, 2.75) is 12.5 Å². The predicted molar refractivity (Wildman–Crippen MR) is 141 cm³/mol. The summed E-state index contributed by atoms with van der Waals surface area (Å²) in [5.74, 6) is -0.489. The molecule has 2 aromatic heterocycles. The second-order valence-corrected chi connectivity index (χ2v) is 9.12. The molecule has 0 bridgehead atoms. The number of hydrogen-bond acceptors (Lipinski definition) is 8. The maximum absolute atomic E-state index is 13.2. The van der Waals surface area contributed by atoms with Crippen molar-refractivity contribution in [1.29, 1.82) is 0 Å². The molecule has 1 aliphatic rings. The van der Waals surface area contributed by atoms with Crippen molar-refractivity contribution in [2.75, 3.05) is 18.6 Å². The Labute approximate surface area is 217 Å². The summed E-state index contributed by atoms with van der Waals surface area (Å²) in [6.45, 7) is 0.509. The van der Waals surface area contributed by atoms with Crippen LogP contribution in [0, 0.1) is 0 Å². The zero-order chi connectivity index (χ0) is 26.4. The van der Waals surface area contributed by atoms with E-state index in [1.165, 1.54) is 11.7 Å². The van der Waals surface area contributed by atoms with Crippen LogP contribution in [0.4, 0.5) is 5.95 Å². The number of aromatic nitrogens is 3. The zero-order valence-corrected chi connectivity index (χ0v) is 20.8. The predicted octanol–water partition coefficient (Wildman–Crippen LogP) is 4.23. The first-order valence-electron chi connectivity index (χ1n) is 12.1. The first-order valence-corrected chi connectivity index (χ1v) is 12.1. The highest BCUT2D eigenvalue weighted by Crippen LogP contribution is 2.39. The maximum atomic E-state index is 13.2. The van der Waals surface area contributed by atoms with E-state index in [1.807, 2.05) is 59.5 Å². The Morgan fingerprint density at radius 2 is 1.82 bits per heavy atom. The van der Waals surface area contributed by atoms with Gasteiger partial charge in [-0.3, -0.25) is 9.36 Å². The first kappa shape index (κ1) is 23.5. The summed E-state index contributed by atoms with van der Waals surface area (Å²) in [6, 6.07) is 22.3. The van der Waals surface area contributed by atoms with Gasteiger partial charge >= 0.3 is 5.97 Å². The third-order valence-corrected chi connectivity index (χ3v) is 6.90. The lowest BCUT2D eigenvalue weighted by Crippen LogP contribution is -2.40. The second kappa shape index (κ2) is 9.19. The maximum Gasteiger partial charge on any atom is 0.337 e. The highest BCUT2D eigenvalue weighted by Gasteiger charge is 2.33. The van der Waals surface area contributed by atoms with Crippen LogP contribution in [0.25, 0.3) is 22.7 Å². The SMILES string of the molecule is COC(=O)c1ccc2c(c1)CCN(c1nc(-c3nc4ccccc4o3)c(O)c(=O)n1C)C2c1ccccc1. The van der Waals surface area contributed by atoms with E-state index in [4.69, 9.17) is 14.1 Å². The van der Waals surface area contributed by atoms with E-state index < -0.39 is 17.3 Å². The van der Waals surface area contributed by atoms with Gasteiger partial charge in [-0.25, -0.2) is 14.8 Å². The normalized spacial score (nSPS) is 14.9. The van der Waals surface area contributed by atoms with Crippen molar-refractivity contribution in [3.63, 3.8) is 0 Å². The molecule has 3 aromatic carbocycles. The van der Waals surface area contributed by atoms with Crippen LogP contribution in [0.15, 0.2) is 82.0 Å². The van der Waals surface area contributed by atoms with Crippen molar-refractivity contribution >= 4 is 23.0 Å². The van der Waals surface area contributed by atoms with Crippen LogP contribution in [0.1, 0.15) is 33.1 Å². The molecule has 9 heteroatoms. The number of methoxy groups -OCH3 is 1. The number of benzene rings is 3. The minimum Gasteiger partial charge on any atom is -0.501 e. The van der Waals surface area contributed by atoms with Crippen molar-refractivity contribution in [2.24, 2.45) is 7.05 Å². The fraction of sp³-hybridized carbons (Fsp3) is 0.172. The summed E-state index contributed by atoms with van der Waals surface area (Å²) < 4.78 is 12.1. The molecule has 190 valence electrons. The minimum absolute atomic E-state index is 0.0158. The largest absolute Gasteiger partial charge is 0.501 e. The van der Waals surface area contributed by atoms with Gasteiger partial charge in [-0.2, -0.15) is 0 Å². The quantitative estimate of drug-likeness (QED) is 0.359. The molecule has 0 spiro atoms. The van der Waals surface area contributed by atoms with Gasteiger partial charge in [0.1, 0.15) is 5.52 Å². The van der Waals surface area contributed by atoms with Crippen LogP contribution >= 0.6 is 0 Å². The summed E-state index contributed by atoms with van der Waals surface area (Å²) in [5.41, 5.74) is 3.98. The van der Waals surface area contributed by atoms with Crippen LogP contribution in [0.5, 0.6) is 5.75 Å². The van der Waals surface area contributed by atoms with Gasteiger partial charge in [0.05, 0.1) is 18.7 Å². The van der Waals surface area contributed by atoms with Gasteiger partial charge in [-0.1, -0.05) is 48.5 Å². The summed E-state index contributed by atoms with van der Waals surface area (Å²) in [6.07, 6.45) is 0.610. The molecule has 6 rings (SSSR count). The highest BCUT2D eigenvalue weighted by molar-refractivity contribution is 5.89. The number of carbonyl (C=O) groups excluding carboxylic acids is 1. The van der Waals surface area contributed by atoms with Crippen molar-refractivity contribution in [3.05, 3.63) is 105 Å². The van der Waals surface area contributed by atoms with Gasteiger partial charge in [-0.05, 0) is 47.4 Å². The van der Waals surface area contributed by atoms with Gasteiger partial charge in [0, 0.05) is 13.6 Å². The standard InChI is InChI=1S/C29H24N4O5/c1-32-27(35)25(34)23(26-30-21-10-6-7-11-22(21)38-26)31-29(32)33-15-14-18-16-19(28(36)37-2)12-13-20(18)24(33)17-8-4-3-5-9-17/h3-13,16,24,34H,14-15H2,1-2H3. The molecule has 5 aromatic rings. The molecule has 1 unspecified atom stereocenters. The Balaban J connectivity index is 1.53. The average molecular weight is 509 g/mol. The van der Waals surface area contributed by atoms with Gasteiger partial charge in [0.15, 0.2) is 11.3 Å². The smallest absolute Gasteiger partial charge is 0.337 e. The molecular formula is C29H24N4O5.